The largest absolute Gasteiger partial charge is 0.341 e. The van der Waals surface area contributed by atoms with Gasteiger partial charge >= 0.3 is 0 Å². The number of hydrogen-bond acceptors (Lipinski definition) is 4. The smallest absolute Gasteiger partial charge is 0.239 e. The van der Waals surface area contributed by atoms with Crippen molar-refractivity contribution in [3.05, 3.63) is 34.9 Å². The average molecular weight is 428 g/mol. The number of sulfonamides is 1. The highest BCUT2D eigenvalue weighted by molar-refractivity contribution is 7.88. The summed E-state index contributed by atoms with van der Waals surface area (Å²) >= 11 is 6.12. The first-order valence-electron chi connectivity index (χ1n) is 10.0. The highest BCUT2D eigenvalue weighted by Gasteiger charge is 2.38. The average Bonchev–Trinajstić information content (AvgIpc) is 3.02. The van der Waals surface area contributed by atoms with E-state index in [1.165, 1.54) is 4.31 Å². The van der Waals surface area contributed by atoms with Crippen LogP contribution in [0.2, 0.25) is 5.02 Å². The van der Waals surface area contributed by atoms with E-state index >= 15 is 0 Å². The Hall–Kier alpha value is -1.15. The fourth-order valence-electron chi connectivity index (χ4n) is 3.89. The molecule has 2 saturated heterocycles. The number of rotatable bonds is 7. The van der Waals surface area contributed by atoms with Crippen molar-refractivity contribution in [2.45, 2.75) is 38.5 Å². The highest BCUT2D eigenvalue weighted by atomic mass is 35.5. The number of nitrogens with zero attached hydrogens (tertiary/aromatic N) is 3. The molecule has 0 aromatic heterocycles. The minimum Gasteiger partial charge on any atom is -0.341 e. The Labute approximate surface area is 173 Å². The van der Waals surface area contributed by atoms with Gasteiger partial charge in [-0.15, -0.1) is 0 Å². The summed E-state index contributed by atoms with van der Waals surface area (Å²) in [5.41, 5.74) is 0.623. The summed E-state index contributed by atoms with van der Waals surface area (Å²) in [6.45, 7) is 7.98. The van der Waals surface area contributed by atoms with Gasteiger partial charge in [-0.3, -0.25) is 9.69 Å². The fourth-order valence-corrected chi connectivity index (χ4v) is 5.72. The van der Waals surface area contributed by atoms with Gasteiger partial charge in [0.25, 0.3) is 0 Å². The van der Waals surface area contributed by atoms with Crippen molar-refractivity contribution in [3.8, 4) is 0 Å². The van der Waals surface area contributed by atoms with Gasteiger partial charge < -0.3 is 4.90 Å². The molecule has 0 saturated carbocycles. The van der Waals surface area contributed by atoms with Crippen LogP contribution in [0.25, 0.3) is 0 Å². The molecule has 8 heteroatoms. The van der Waals surface area contributed by atoms with E-state index in [1.807, 2.05) is 4.90 Å². The highest BCUT2D eigenvalue weighted by Crippen LogP contribution is 2.23. The number of carbonyl (C=O) groups is 1. The SMILES string of the molecule is CC(C)CCN1CCC(N2CCN(S(=O)(=O)Cc3ccccc3Cl)CC2)C1=O. The van der Waals surface area contributed by atoms with Gasteiger partial charge in [0.1, 0.15) is 0 Å². The molecule has 1 aromatic carbocycles. The molecule has 0 aliphatic carbocycles. The monoisotopic (exact) mass is 427 g/mol. The van der Waals surface area contributed by atoms with Gasteiger partial charge in [0, 0.05) is 44.3 Å². The third-order valence-corrected chi connectivity index (χ3v) is 7.85. The summed E-state index contributed by atoms with van der Waals surface area (Å²) in [5, 5.41) is 0.475. The Morgan fingerprint density at radius 2 is 1.79 bits per heavy atom. The van der Waals surface area contributed by atoms with Crippen molar-refractivity contribution in [3.63, 3.8) is 0 Å². The quantitative estimate of drug-likeness (QED) is 0.670. The summed E-state index contributed by atoms with van der Waals surface area (Å²) in [7, 11) is -3.42. The van der Waals surface area contributed by atoms with Crippen molar-refractivity contribution in [1.82, 2.24) is 14.1 Å². The summed E-state index contributed by atoms with van der Waals surface area (Å²) < 4.78 is 27.1. The first kappa shape index (κ1) is 21.6. The molecule has 1 amide bonds. The Morgan fingerprint density at radius 3 is 2.43 bits per heavy atom. The lowest BCUT2D eigenvalue weighted by Crippen LogP contribution is -2.53. The molecule has 0 bridgehead atoms. The van der Waals surface area contributed by atoms with Gasteiger partial charge in [-0.2, -0.15) is 4.31 Å². The number of carbonyl (C=O) groups excluding carboxylic acids is 1. The van der Waals surface area contributed by atoms with Crippen LogP contribution in [0.15, 0.2) is 24.3 Å². The van der Waals surface area contributed by atoms with E-state index in [-0.39, 0.29) is 17.7 Å². The standard InChI is InChI=1S/C20H30ClN3O3S/c1-16(2)7-9-23-10-8-19(20(23)25)22-11-13-24(14-12-22)28(26,27)15-17-5-3-4-6-18(17)21/h3-6,16,19H,7-15H2,1-2H3. The molecule has 2 heterocycles. The molecular weight excluding hydrogens is 398 g/mol. The van der Waals surface area contributed by atoms with E-state index < -0.39 is 10.0 Å². The summed E-state index contributed by atoms with van der Waals surface area (Å²) in [6, 6.07) is 6.95. The molecule has 28 heavy (non-hydrogen) atoms. The molecule has 3 rings (SSSR count). The molecule has 1 unspecified atom stereocenters. The van der Waals surface area contributed by atoms with Crippen LogP contribution in [0.1, 0.15) is 32.3 Å². The van der Waals surface area contributed by atoms with Crippen molar-refractivity contribution < 1.29 is 13.2 Å². The molecule has 0 spiro atoms. The van der Waals surface area contributed by atoms with Gasteiger partial charge in [0.15, 0.2) is 0 Å². The van der Waals surface area contributed by atoms with Gasteiger partial charge in [-0.05, 0) is 30.4 Å². The predicted octanol–water partition coefficient (Wildman–Crippen LogP) is 2.43. The van der Waals surface area contributed by atoms with E-state index in [0.717, 1.165) is 25.9 Å². The molecule has 2 fully saturated rings. The third kappa shape index (κ3) is 5.06. The Morgan fingerprint density at radius 1 is 1.11 bits per heavy atom. The lowest BCUT2D eigenvalue weighted by Gasteiger charge is -2.36. The Bertz CT molecular complexity index is 792. The lowest BCUT2D eigenvalue weighted by atomic mass is 10.1. The zero-order chi connectivity index (χ0) is 20.3. The van der Waals surface area contributed by atoms with E-state index in [2.05, 4.69) is 18.7 Å². The molecule has 1 aromatic rings. The number of amides is 1. The lowest BCUT2D eigenvalue weighted by molar-refractivity contribution is -0.132. The van der Waals surface area contributed by atoms with Crippen molar-refractivity contribution in [1.29, 1.82) is 0 Å². The van der Waals surface area contributed by atoms with E-state index in [1.54, 1.807) is 24.3 Å². The summed E-state index contributed by atoms with van der Waals surface area (Å²) in [4.78, 5) is 16.8. The zero-order valence-corrected chi connectivity index (χ0v) is 18.3. The molecule has 1 atom stereocenters. The molecule has 2 aliphatic heterocycles. The molecule has 0 N–H and O–H groups in total. The normalized spacial score (nSPS) is 22.4. The van der Waals surface area contributed by atoms with Crippen LogP contribution >= 0.6 is 11.6 Å². The predicted molar refractivity (Wildman–Crippen MR) is 112 cm³/mol. The topological polar surface area (TPSA) is 60.9 Å². The number of hydrogen-bond donors (Lipinski definition) is 0. The van der Waals surface area contributed by atoms with E-state index in [4.69, 9.17) is 11.6 Å². The van der Waals surface area contributed by atoms with Crippen molar-refractivity contribution in [2.24, 2.45) is 5.92 Å². The van der Waals surface area contributed by atoms with Crippen molar-refractivity contribution >= 4 is 27.5 Å². The minimum absolute atomic E-state index is 0.0853. The van der Waals surface area contributed by atoms with Crippen LogP contribution in [0.5, 0.6) is 0 Å². The van der Waals surface area contributed by atoms with Crippen LogP contribution in [-0.2, 0) is 20.6 Å². The number of likely N-dealkylation sites (tertiary alicyclic amines) is 1. The zero-order valence-electron chi connectivity index (χ0n) is 16.7. The van der Waals surface area contributed by atoms with Crippen molar-refractivity contribution in [2.75, 3.05) is 39.3 Å². The second-order valence-corrected chi connectivity index (χ2v) is 10.5. The first-order chi connectivity index (χ1) is 13.3. The maximum atomic E-state index is 12.8. The second kappa shape index (κ2) is 9.11. The Balaban J connectivity index is 1.54. The first-order valence-corrected chi connectivity index (χ1v) is 12.0. The maximum Gasteiger partial charge on any atom is 0.239 e. The minimum atomic E-state index is -3.42. The van der Waals surface area contributed by atoms with Crippen LogP contribution in [0.3, 0.4) is 0 Å². The van der Waals surface area contributed by atoms with Gasteiger partial charge in [-0.25, -0.2) is 8.42 Å². The van der Waals surface area contributed by atoms with E-state index in [0.29, 0.717) is 42.7 Å². The molecular formula is C20H30ClN3O3S. The third-order valence-electron chi connectivity index (χ3n) is 5.65. The van der Waals surface area contributed by atoms with Crippen LogP contribution in [0, 0.1) is 5.92 Å². The Kier molecular flexibility index (Phi) is 7.02. The molecule has 0 radical (unpaired) electrons. The molecule has 2 aliphatic rings. The summed E-state index contributed by atoms with van der Waals surface area (Å²) in [5.74, 6) is 0.699. The second-order valence-electron chi connectivity index (χ2n) is 8.09. The number of halogens is 1. The molecule has 156 valence electrons. The van der Waals surface area contributed by atoms with Gasteiger partial charge in [0.2, 0.25) is 15.9 Å². The summed E-state index contributed by atoms with van der Waals surface area (Å²) in [6.07, 6.45) is 1.86. The number of benzene rings is 1. The van der Waals surface area contributed by atoms with Crippen LogP contribution < -0.4 is 0 Å². The maximum absolute atomic E-state index is 12.8. The van der Waals surface area contributed by atoms with Crippen LogP contribution in [-0.4, -0.2) is 73.7 Å². The molecule has 6 nitrogen and oxygen atoms in total. The van der Waals surface area contributed by atoms with E-state index in [9.17, 15) is 13.2 Å². The van der Waals surface area contributed by atoms with Gasteiger partial charge in [0.05, 0.1) is 11.8 Å². The van der Waals surface area contributed by atoms with Crippen LogP contribution in [0.4, 0.5) is 0 Å². The fraction of sp³-hybridized carbons (Fsp3) is 0.650. The van der Waals surface area contributed by atoms with Gasteiger partial charge in [-0.1, -0.05) is 43.6 Å². The number of piperazine rings is 1.